The van der Waals surface area contributed by atoms with Gasteiger partial charge in [0, 0.05) is 19.7 Å². The van der Waals surface area contributed by atoms with Gasteiger partial charge in [0.25, 0.3) is 0 Å². The van der Waals surface area contributed by atoms with Gasteiger partial charge < -0.3 is 15.6 Å². The van der Waals surface area contributed by atoms with E-state index in [1.807, 2.05) is 4.90 Å². The predicted octanol–water partition coefficient (Wildman–Crippen LogP) is 0.925. The van der Waals surface area contributed by atoms with Gasteiger partial charge in [-0.1, -0.05) is 13.8 Å². The molecule has 0 amide bonds. The summed E-state index contributed by atoms with van der Waals surface area (Å²) in [5.41, 5.74) is 5.50. The third-order valence-corrected chi connectivity index (χ3v) is 3.09. The van der Waals surface area contributed by atoms with Crippen molar-refractivity contribution in [1.29, 1.82) is 0 Å². The van der Waals surface area contributed by atoms with E-state index in [9.17, 15) is 9.90 Å². The van der Waals surface area contributed by atoms with Gasteiger partial charge in [0.05, 0.1) is 6.61 Å². The van der Waals surface area contributed by atoms with Crippen LogP contribution in [0.4, 0.5) is 0 Å². The SMILES string of the molecule is CCC(CC)N(CCOC)C(CCN)C(=O)O. The average Bonchev–Trinajstić information content (AvgIpc) is 2.32. The molecule has 0 aromatic rings. The third-order valence-electron chi connectivity index (χ3n) is 3.09. The maximum absolute atomic E-state index is 11.3. The number of methoxy groups -OCH3 is 1. The molecular weight excluding hydrogens is 220 g/mol. The first-order valence-corrected chi connectivity index (χ1v) is 6.29. The monoisotopic (exact) mass is 246 g/mol. The maximum Gasteiger partial charge on any atom is 0.320 e. The number of nitrogens with two attached hydrogens (primary N) is 1. The van der Waals surface area contributed by atoms with E-state index in [4.69, 9.17) is 10.5 Å². The normalized spacial score (nSPS) is 13.3. The average molecular weight is 246 g/mol. The highest BCUT2D eigenvalue weighted by molar-refractivity contribution is 5.73. The zero-order valence-corrected chi connectivity index (χ0v) is 11.2. The number of carboxylic acid groups (broad SMARTS) is 1. The molecule has 5 nitrogen and oxygen atoms in total. The molecule has 5 heteroatoms. The highest BCUT2D eigenvalue weighted by atomic mass is 16.5. The van der Waals surface area contributed by atoms with Gasteiger partial charge >= 0.3 is 5.97 Å². The molecule has 3 N–H and O–H groups in total. The van der Waals surface area contributed by atoms with Crippen molar-refractivity contribution in [2.24, 2.45) is 5.73 Å². The van der Waals surface area contributed by atoms with E-state index >= 15 is 0 Å². The number of hydrogen-bond acceptors (Lipinski definition) is 4. The summed E-state index contributed by atoms with van der Waals surface area (Å²) in [6.07, 6.45) is 2.36. The Morgan fingerprint density at radius 3 is 2.35 bits per heavy atom. The molecule has 0 bridgehead atoms. The molecule has 1 atom stereocenters. The number of rotatable bonds is 10. The van der Waals surface area contributed by atoms with E-state index in [1.165, 1.54) is 0 Å². The Labute approximate surface area is 104 Å². The molecule has 0 aliphatic rings. The molecule has 0 aromatic carbocycles. The minimum absolute atomic E-state index is 0.276. The molecule has 0 aliphatic carbocycles. The topological polar surface area (TPSA) is 75.8 Å². The highest BCUT2D eigenvalue weighted by Gasteiger charge is 2.28. The lowest BCUT2D eigenvalue weighted by Gasteiger charge is -2.35. The summed E-state index contributed by atoms with van der Waals surface area (Å²) in [5, 5.41) is 9.28. The van der Waals surface area contributed by atoms with E-state index in [1.54, 1.807) is 7.11 Å². The number of nitrogens with zero attached hydrogens (tertiary/aromatic N) is 1. The van der Waals surface area contributed by atoms with Crippen LogP contribution < -0.4 is 5.73 Å². The molecule has 0 spiro atoms. The molecule has 0 aliphatic heterocycles. The van der Waals surface area contributed by atoms with Crippen molar-refractivity contribution in [2.45, 2.75) is 45.2 Å². The zero-order chi connectivity index (χ0) is 13.3. The summed E-state index contributed by atoms with van der Waals surface area (Å²) in [6, 6.07) is -0.224. The Morgan fingerprint density at radius 1 is 1.41 bits per heavy atom. The van der Waals surface area contributed by atoms with Crippen molar-refractivity contribution in [1.82, 2.24) is 4.90 Å². The van der Waals surface area contributed by atoms with Gasteiger partial charge in [0.2, 0.25) is 0 Å². The minimum atomic E-state index is -0.793. The predicted molar refractivity (Wildman–Crippen MR) is 68.0 cm³/mol. The van der Waals surface area contributed by atoms with Crippen LogP contribution in [-0.4, -0.2) is 54.9 Å². The summed E-state index contributed by atoms with van der Waals surface area (Å²) in [7, 11) is 1.63. The number of hydrogen-bond donors (Lipinski definition) is 2. The van der Waals surface area contributed by atoms with Gasteiger partial charge in [-0.05, 0) is 25.8 Å². The summed E-state index contributed by atoms with van der Waals surface area (Å²) >= 11 is 0. The molecular formula is C12H26N2O3. The van der Waals surface area contributed by atoms with Gasteiger partial charge in [-0.15, -0.1) is 0 Å². The van der Waals surface area contributed by atoms with Gasteiger partial charge in [0.1, 0.15) is 6.04 Å². The quantitative estimate of drug-likeness (QED) is 0.599. The first kappa shape index (κ1) is 16.4. The fourth-order valence-corrected chi connectivity index (χ4v) is 2.14. The van der Waals surface area contributed by atoms with Crippen molar-refractivity contribution >= 4 is 5.97 Å². The zero-order valence-electron chi connectivity index (χ0n) is 11.2. The van der Waals surface area contributed by atoms with Crippen molar-refractivity contribution in [3.8, 4) is 0 Å². The minimum Gasteiger partial charge on any atom is -0.480 e. The Balaban J connectivity index is 4.75. The van der Waals surface area contributed by atoms with Crippen LogP contribution in [0.25, 0.3) is 0 Å². The largest absolute Gasteiger partial charge is 0.480 e. The molecule has 0 saturated heterocycles. The van der Waals surface area contributed by atoms with Crippen molar-refractivity contribution in [3.05, 3.63) is 0 Å². The lowest BCUT2D eigenvalue weighted by molar-refractivity contribution is -0.145. The third kappa shape index (κ3) is 5.48. The van der Waals surface area contributed by atoms with Crippen LogP contribution in [0.1, 0.15) is 33.1 Å². The van der Waals surface area contributed by atoms with E-state index in [-0.39, 0.29) is 6.04 Å². The van der Waals surface area contributed by atoms with E-state index in [2.05, 4.69) is 13.8 Å². The van der Waals surface area contributed by atoms with Crippen LogP contribution in [0.2, 0.25) is 0 Å². The maximum atomic E-state index is 11.3. The highest BCUT2D eigenvalue weighted by Crippen LogP contribution is 2.15. The van der Waals surface area contributed by atoms with E-state index in [0.29, 0.717) is 26.1 Å². The fraction of sp³-hybridized carbons (Fsp3) is 0.917. The van der Waals surface area contributed by atoms with Crippen LogP contribution in [0, 0.1) is 0 Å². The van der Waals surface area contributed by atoms with Crippen LogP contribution >= 0.6 is 0 Å². The Kier molecular flexibility index (Phi) is 9.03. The summed E-state index contributed by atoms with van der Waals surface area (Å²) in [4.78, 5) is 13.3. The standard InChI is InChI=1S/C12H26N2O3/c1-4-10(5-2)14(8-9-17-3)11(6-7-13)12(15)16/h10-11H,4-9,13H2,1-3H3,(H,15,16). The van der Waals surface area contributed by atoms with Crippen LogP contribution in [0.15, 0.2) is 0 Å². The smallest absolute Gasteiger partial charge is 0.320 e. The lowest BCUT2D eigenvalue weighted by atomic mass is 10.0. The molecule has 1 unspecified atom stereocenters. The van der Waals surface area contributed by atoms with Crippen LogP contribution in [0.5, 0.6) is 0 Å². The second-order valence-electron chi connectivity index (χ2n) is 4.13. The first-order valence-electron chi connectivity index (χ1n) is 6.29. The summed E-state index contributed by atoms with van der Waals surface area (Å²) in [5.74, 6) is -0.793. The second kappa shape index (κ2) is 9.39. The second-order valence-corrected chi connectivity index (χ2v) is 4.13. The molecule has 0 heterocycles. The Morgan fingerprint density at radius 2 is 2.00 bits per heavy atom. The van der Waals surface area contributed by atoms with Crippen molar-refractivity contribution in [2.75, 3.05) is 26.8 Å². The van der Waals surface area contributed by atoms with E-state index < -0.39 is 12.0 Å². The molecule has 102 valence electrons. The van der Waals surface area contributed by atoms with Gasteiger partial charge in [-0.3, -0.25) is 9.69 Å². The first-order chi connectivity index (χ1) is 8.12. The summed E-state index contributed by atoms with van der Waals surface area (Å²) in [6.45, 7) is 5.73. The number of ether oxygens (including phenoxy) is 1. The molecule has 0 aromatic heterocycles. The summed E-state index contributed by atoms with van der Waals surface area (Å²) < 4.78 is 5.05. The van der Waals surface area contributed by atoms with Crippen molar-refractivity contribution < 1.29 is 14.6 Å². The van der Waals surface area contributed by atoms with E-state index in [0.717, 1.165) is 12.8 Å². The Bertz CT molecular complexity index is 208. The van der Waals surface area contributed by atoms with Crippen LogP contribution in [0.3, 0.4) is 0 Å². The molecule has 0 saturated carbocycles. The van der Waals surface area contributed by atoms with Crippen molar-refractivity contribution in [3.63, 3.8) is 0 Å². The fourth-order valence-electron chi connectivity index (χ4n) is 2.14. The Hall–Kier alpha value is -0.650. The molecule has 17 heavy (non-hydrogen) atoms. The molecule has 0 fully saturated rings. The molecule has 0 rings (SSSR count). The number of carbonyl (C=O) groups is 1. The van der Waals surface area contributed by atoms with Gasteiger partial charge in [-0.2, -0.15) is 0 Å². The van der Waals surface area contributed by atoms with Gasteiger partial charge in [-0.25, -0.2) is 0 Å². The molecule has 0 radical (unpaired) electrons. The van der Waals surface area contributed by atoms with Crippen LogP contribution in [-0.2, 0) is 9.53 Å². The number of carboxylic acids is 1. The lowest BCUT2D eigenvalue weighted by Crippen LogP contribution is -2.49. The number of aliphatic carboxylic acids is 1. The van der Waals surface area contributed by atoms with Gasteiger partial charge in [0.15, 0.2) is 0 Å².